The number of hydrogen-bond acceptors (Lipinski definition) is 6. The van der Waals surface area contributed by atoms with E-state index in [2.05, 4.69) is 5.32 Å². The molecule has 0 aliphatic rings. The van der Waals surface area contributed by atoms with Gasteiger partial charge in [0.2, 0.25) is 0 Å². The van der Waals surface area contributed by atoms with Crippen LogP contribution >= 0.6 is 23.2 Å². The zero-order chi connectivity index (χ0) is 19.1. The second kappa shape index (κ2) is 9.02. The first-order valence-corrected chi connectivity index (χ1v) is 7.88. The van der Waals surface area contributed by atoms with Crippen molar-refractivity contribution in [1.82, 2.24) is 0 Å². The standard InChI is InChI=1S/C16H12Cl2N2O6/c17-10-1-6-14(13(18)7-10)25-9-16(22)26-8-15(21)19-11-2-4-12(5-3-11)20(23)24/h1-7H,8-9H2,(H,19,21). The highest BCUT2D eigenvalue weighted by Crippen LogP contribution is 2.27. The second-order valence-corrected chi connectivity index (χ2v) is 5.72. The molecular weight excluding hydrogens is 387 g/mol. The van der Waals surface area contributed by atoms with Crippen molar-refractivity contribution in [3.05, 3.63) is 62.6 Å². The minimum atomic E-state index is -0.769. The summed E-state index contributed by atoms with van der Waals surface area (Å²) in [6.45, 7) is -0.973. The fraction of sp³-hybridized carbons (Fsp3) is 0.125. The minimum absolute atomic E-state index is 0.104. The molecular formula is C16H12Cl2N2O6. The highest BCUT2D eigenvalue weighted by molar-refractivity contribution is 6.35. The summed E-state index contributed by atoms with van der Waals surface area (Å²) in [6.07, 6.45) is 0. The summed E-state index contributed by atoms with van der Waals surface area (Å²) in [7, 11) is 0. The van der Waals surface area contributed by atoms with E-state index < -0.39 is 30.0 Å². The summed E-state index contributed by atoms with van der Waals surface area (Å²) in [6, 6.07) is 9.72. The number of halogens is 2. The molecule has 0 saturated carbocycles. The van der Waals surface area contributed by atoms with Crippen molar-refractivity contribution < 1.29 is 24.0 Å². The van der Waals surface area contributed by atoms with Gasteiger partial charge in [0.1, 0.15) is 5.75 Å². The summed E-state index contributed by atoms with van der Waals surface area (Å²) < 4.78 is 9.95. The predicted octanol–water partition coefficient (Wildman–Crippen LogP) is 3.46. The molecule has 1 amide bonds. The normalized spacial score (nSPS) is 10.1. The van der Waals surface area contributed by atoms with Gasteiger partial charge in [-0.05, 0) is 30.3 Å². The van der Waals surface area contributed by atoms with Gasteiger partial charge in [0.25, 0.3) is 11.6 Å². The number of non-ortho nitro benzene ring substituents is 1. The fourth-order valence-corrected chi connectivity index (χ4v) is 2.24. The highest BCUT2D eigenvalue weighted by atomic mass is 35.5. The van der Waals surface area contributed by atoms with Crippen LogP contribution in [-0.2, 0) is 14.3 Å². The van der Waals surface area contributed by atoms with E-state index in [0.29, 0.717) is 10.7 Å². The number of nitrogens with one attached hydrogen (secondary N) is 1. The number of benzene rings is 2. The van der Waals surface area contributed by atoms with Crippen LogP contribution in [0, 0.1) is 10.1 Å². The van der Waals surface area contributed by atoms with Gasteiger partial charge in [0.15, 0.2) is 13.2 Å². The molecule has 0 unspecified atom stereocenters. The quantitative estimate of drug-likeness (QED) is 0.434. The minimum Gasteiger partial charge on any atom is -0.480 e. The average molecular weight is 399 g/mol. The van der Waals surface area contributed by atoms with Crippen molar-refractivity contribution in [1.29, 1.82) is 0 Å². The van der Waals surface area contributed by atoms with Gasteiger partial charge in [0, 0.05) is 22.8 Å². The van der Waals surface area contributed by atoms with Crippen LogP contribution in [0.5, 0.6) is 5.75 Å². The van der Waals surface area contributed by atoms with Crippen LogP contribution in [0.3, 0.4) is 0 Å². The van der Waals surface area contributed by atoms with E-state index in [1.165, 1.54) is 36.4 Å². The molecule has 0 atom stereocenters. The van der Waals surface area contributed by atoms with E-state index in [1.54, 1.807) is 6.07 Å². The summed E-state index contributed by atoms with van der Waals surface area (Å²) in [5.74, 6) is -1.12. The van der Waals surface area contributed by atoms with E-state index in [-0.39, 0.29) is 16.5 Å². The molecule has 0 aromatic heterocycles. The third kappa shape index (κ3) is 5.91. The summed E-state index contributed by atoms with van der Waals surface area (Å²) in [5.41, 5.74) is 0.230. The number of ether oxygens (including phenoxy) is 2. The number of hydrogen-bond donors (Lipinski definition) is 1. The molecule has 8 nitrogen and oxygen atoms in total. The molecule has 2 aromatic carbocycles. The van der Waals surface area contributed by atoms with Crippen molar-refractivity contribution >= 4 is 46.5 Å². The Balaban J connectivity index is 1.76. The average Bonchev–Trinajstić information content (AvgIpc) is 2.59. The number of esters is 1. The Labute approximate surface area is 157 Å². The van der Waals surface area contributed by atoms with Gasteiger partial charge in [-0.25, -0.2) is 4.79 Å². The SMILES string of the molecule is O=C(COC(=O)COc1ccc(Cl)cc1Cl)Nc1ccc([N+](=O)[O-])cc1. The lowest BCUT2D eigenvalue weighted by molar-refractivity contribution is -0.384. The molecule has 0 heterocycles. The molecule has 136 valence electrons. The largest absolute Gasteiger partial charge is 0.480 e. The Morgan fingerprint density at radius 2 is 1.77 bits per heavy atom. The number of nitrogens with zero attached hydrogens (tertiary/aromatic N) is 1. The first-order chi connectivity index (χ1) is 12.3. The van der Waals surface area contributed by atoms with E-state index in [1.807, 2.05) is 0 Å². The molecule has 10 heteroatoms. The highest BCUT2D eigenvalue weighted by Gasteiger charge is 2.11. The lowest BCUT2D eigenvalue weighted by atomic mass is 10.3. The first kappa shape index (κ1) is 19.5. The molecule has 0 radical (unpaired) electrons. The fourth-order valence-electron chi connectivity index (χ4n) is 1.78. The Bertz CT molecular complexity index is 826. The van der Waals surface area contributed by atoms with Crippen molar-refractivity contribution in [3.63, 3.8) is 0 Å². The first-order valence-electron chi connectivity index (χ1n) is 7.13. The zero-order valence-corrected chi connectivity index (χ0v) is 14.6. The van der Waals surface area contributed by atoms with Gasteiger partial charge in [-0.15, -0.1) is 0 Å². The van der Waals surface area contributed by atoms with E-state index in [4.69, 9.17) is 32.7 Å². The van der Waals surface area contributed by atoms with Crippen molar-refractivity contribution in [3.8, 4) is 5.75 Å². The van der Waals surface area contributed by atoms with Crippen molar-refractivity contribution in [2.75, 3.05) is 18.5 Å². The summed E-state index contributed by atoms with van der Waals surface area (Å²) in [4.78, 5) is 33.3. The maximum Gasteiger partial charge on any atom is 0.344 e. The molecule has 0 aliphatic carbocycles. The summed E-state index contributed by atoms with van der Waals surface area (Å²) in [5, 5.41) is 13.6. The predicted molar refractivity (Wildman–Crippen MR) is 94.6 cm³/mol. The zero-order valence-electron chi connectivity index (χ0n) is 13.1. The van der Waals surface area contributed by atoms with Crippen LogP contribution < -0.4 is 10.1 Å². The van der Waals surface area contributed by atoms with Crippen LogP contribution in [0.25, 0.3) is 0 Å². The molecule has 0 bridgehead atoms. The van der Waals surface area contributed by atoms with Gasteiger partial charge in [0.05, 0.1) is 9.95 Å². The van der Waals surface area contributed by atoms with E-state index in [0.717, 1.165) is 0 Å². The van der Waals surface area contributed by atoms with Crippen LogP contribution in [0.2, 0.25) is 10.0 Å². The Kier molecular flexibility index (Phi) is 6.76. The maximum atomic E-state index is 11.7. The van der Waals surface area contributed by atoms with Crippen LogP contribution in [0.1, 0.15) is 0 Å². The van der Waals surface area contributed by atoms with Gasteiger partial charge in [-0.3, -0.25) is 14.9 Å². The number of anilines is 1. The van der Waals surface area contributed by atoms with Gasteiger partial charge in [-0.2, -0.15) is 0 Å². The smallest absolute Gasteiger partial charge is 0.344 e. The van der Waals surface area contributed by atoms with E-state index >= 15 is 0 Å². The molecule has 0 saturated heterocycles. The molecule has 26 heavy (non-hydrogen) atoms. The van der Waals surface area contributed by atoms with E-state index in [9.17, 15) is 19.7 Å². The van der Waals surface area contributed by atoms with Gasteiger partial charge < -0.3 is 14.8 Å². The molecule has 0 fully saturated rings. The number of amides is 1. The monoisotopic (exact) mass is 398 g/mol. The van der Waals surface area contributed by atoms with Crippen LogP contribution in [-0.4, -0.2) is 30.0 Å². The maximum absolute atomic E-state index is 11.7. The molecule has 0 spiro atoms. The number of nitro benzene ring substituents is 1. The lowest BCUT2D eigenvalue weighted by Crippen LogP contribution is -2.23. The Morgan fingerprint density at radius 1 is 1.08 bits per heavy atom. The topological polar surface area (TPSA) is 108 Å². The summed E-state index contributed by atoms with van der Waals surface area (Å²) >= 11 is 11.6. The van der Waals surface area contributed by atoms with Crippen LogP contribution in [0.4, 0.5) is 11.4 Å². The van der Waals surface area contributed by atoms with Crippen LogP contribution in [0.15, 0.2) is 42.5 Å². The second-order valence-electron chi connectivity index (χ2n) is 4.88. The molecule has 0 aliphatic heterocycles. The van der Waals surface area contributed by atoms with Crippen molar-refractivity contribution in [2.24, 2.45) is 0 Å². The lowest BCUT2D eigenvalue weighted by Gasteiger charge is -2.09. The number of nitro groups is 1. The molecule has 2 aromatic rings. The van der Waals surface area contributed by atoms with Gasteiger partial charge >= 0.3 is 5.97 Å². The third-order valence-corrected chi connectivity index (χ3v) is 3.50. The van der Waals surface area contributed by atoms with Crippen molar-refractivity contribution in [2.45, 2.75) is 0 Å². The third-order valence-electron chi connectivity index (χ3n) is 2.97. The Morgan fingerprint density at radius 3 is 2.38 bits per heavy atom. The van der Waals surface area contributed by atoms with Gasteiger partial charge in [-0.1, -0.05) is 23.2 Å². The number of rotatable bonds is 7. The molecule has 2 rings (SSSR count). The Hall–Kier alpha value is -2.84. The molecule has 1 N–H and O–H groups in total. The number of carbonyl (C=O) groups is 2. The number of carbonyl (C=O) groups excluding carboxylic acids is 2.